The van der Waals surface area contributed by atoms with Gasteiger partial charge in [0.2, 0.25) is 47.3 Å². The number of aliphatic hydroxyl groups is 1. The van der Waals surface area contributed by atoms with Gasteiger partial charge >= 0.3 is 6.18 Å². The van der Waals surface area contributed by atoms with Gasteiger partial charge in [-0.2, -0.15) is 13.2 Å². The highest BCUT2D eigenvalue weighted by Crippen LogP contribution is 2.41. The van der Waals surface area contributed by atoms with E-state index in [1.54, 1.807) is 31.3 Å². The summed E-state index contributed by atoms with van der Waals surface area (Å²) < 4.78 is 71.2. The standard InChI is InChI=1S/C20H22FNO.C15H27NO2.C14H18ClNO.C13H17ClN2O.C13H21NO2.C12H20F3NO2.C12H21NO2.C10H19NO2/c1-2-13-22(19-11-12-19)20(23)14-15-3-5-16(6-4-15)17-7-9-18(21)10-8-17;1-3-9-16(13-5-6-13)14(17)12-15(4-2)7-10-18-11-8-15;1-2-8-16(13-6-7-13)14(17)10-11-4-3-5-12(15)9-11;1-2-7-16(11-4-5-11)13(17)8-10-3-6-12(14)15-9-10;1-2-7-14(12-3-4-12)13(15)10-11-5-8-16-9-6-11;1-2-5-16(9-12(13,14)15)11(17)8-10-3-6-18-7-4-10;1-2-6-13(11-3-4-11)12(14)8-10-5-7-15-9-10;1-2-7-11(9-5-6-9)10(13)4-3-8-12/h3-10,19H,2,11-14H2,1H3;13H,3-12H2,1-2H3;3-5,9,13H,2,6-8,10H2,1H3;3,6,9,11H,2,4-5,7-8H2,1H3;10,12H,2-9H2,1H3;10H,2-9H2,1H3;10-11H,2-9H2,1H3;9,12H,2-8H2,1H3. The summed E-state index contributed by atoms with van der Waals surface area (Å²) >= 11 is 11.6. The van der Waals surface area contributed by atoms with Gasteiger partial charge in [0.15, 0.2) is 0 Å². The third-order valence-electron chi connectivity index (χ3n) is 26.6. The van der Waals surface area contributed by atoms with Crippen molar-refractivity contribution in [2.75, 3.05) is 118 Å². The van der Waals surface area contributed by atoms with Crippen LogP contribution >= 0.6 is 23.2 Å². The fourth-order valence-corrected chi connectivity index (χ4v) is 18.2. The molecule has 7 aliphatic carbocycles. The topological polar surface area (TPSA) is 233 Å². The minimum atomic E-state index is -4.32. The molecular weight excluding hydrogens is 1790 g/mol. The van der Waals surface area contributed by atoms with Crippen LogP contribution in [0.15, 0.2) is 103 Å². The Morgan fingerprint density at radius 3 is 1.25 bits per heavy atom. The molecule has 4 aromatic rings. The Hall–Kier alpha value is -7.59. The van der Waals surface area contributed by atoms with Crippen LogP contribution in [0, 0.1) is 23.1 Å². The van der Waals surface area contributed by atoms with E-state index < -0.39 is 12.7 Å². The predicted molar refractivity (Wildman–Crippen MR) is 535 cm³/mol. The van der Waals surface area contributed by atoms with Crippen LogP contribution in [0.2, 0.25) is 10.2 Å². The third-order valence-corrected chi connectivity index (χ3v) is 27.1. The maximum Gasteiger partial charge on any atom is 0.406 e. The molecule has 4 saturated heterocycles. The number of rotatable bonds is 42. The molecule has 766 valence electrons. The molecule has 0 spiro atoms. The van der Waals surface area contributed by atoms with E-state index in [0.29, 0.717) is 128 Å². The number of hydrogen-bond acceptors (Lipinski definition) is 14. The van der Waals surface area contributed by atoms with E-state index in [0.717, 1.165) is 247 Å². The van der Waals surface area contributed by atoms with Gasteiger partial charge in [0.1, 0.15) is 17.5 Å². The van der Waals surface area contributed by atoms with Crippen molar-refractivity contribution in [3.8, 4) is 11.1 Å². The maximum atomic E-state index is 13.0. The highest BCUT2D eigenvalue weighted by atomic mass is 35.5. The van der Waals surface area contributed by atoms with Crippen LogP contribution < -0.4 is 0 Å². The lowest BCUT2D eigenvalue weighted by Gasteiger charge is -2.37. The second-order valence-electron chi connectivity index (χ2n) is 39.0. The number of carbonyl (C=O) groups excluding carboxylic acids is 8. The summed E-state index contributed by atoms with van der Waals surface area (Å²) in [6.45, 7) is 30.3. The van der Waals surface area contributed by atoms with Crippen LogP contribution in [0.5, 0.6) is 0 Å². The van der Waals surface area contributed by atoms with Crippen LogP contribution in [-0.4, -0.2) is 263 Å². The second kappa shape index (κ2) is 62.0. The fourth-order valence-electron chi connectivity index (χ4n) is 17.9. The van der Waals surface area contributed by atoms with Crippen molar-refractivity contribution < 1.29 is 80.0 Å². The maximum absolute atomic E-state index is 13.0. The first kappa shape index (κ1) is 115. The number of aliphatic hydroxyl groups excluding tert-OH is 1. The Kier molecular flexibility index (Phi) is 51.9. The van der Waals surface area contributed by atoms with Gasteiger partial charge in [-0.15, -0.1) is 0 Å². The van der Waals surface area contributed by atoms with E-state index in [-0.39, 0.29) is 72.2 Å². The molecule has 4 aliphatic heterocycles. The molecule has 5 heterocycles. The quantitative estimate of drug-likeness (QED) is 0.0247. The summed E-state index contributed by atoms with van der Waals surface area (Å²) in [6, 6.07) is 29.2. The SMILES string of the molecule is CCCN(C(=O)C=C1CCOCC1)C1CC1.CCCN(C(=O)CC1(CC)CCOCC1)C1CC1.CCCN(C(=O)CC1CCOC1)C1CC1.CCCN(C(=O)CCCO)C1CC1.CCCN(C(=O)Cc1ccc(-c2ccc(F)cc2)cc1)C1CC1.CCCN(C(=O)Cc1ccc(Cl)nc1)C1CC1.CCCN(C(=O)Cc1cccc(Cl)c1)C1CC1.CCCN(CC(F)(F)F)C(=O)CC1CCOCC1. The van der Waals surface area contributed by atoms with Crippen molar-refractivity contribution in [1.82, 2.24) is 44.2 Å². The molecule has 1 aromatic heterocycles. The number of ether oxygens (including phenoxy) is 4. The summed E-state index contributed by atoms with van der Waals surface area (Å²) in [7, 11) is 0. The second-order valence-corrected chi connectivity index (χ2v) is 39.9. The Labute approximate surface area is 826 Å². The average Bonchev–Trinajstić information content (AvgIpc) is 1.34. The normalized spacial score (nSPS) is 18.0. The van der Waals surface area contributed by atoms with Gasteiger partial charge in [-0.1, -0.05) is 146 Å². The number of benzene rings is 3. The van der Waals surface area contributed by atoms with Crippen molar-refractivity contribution in [1.29, 1.82) is 0 Å². The van der Waals surface area contributed by atoms with E-state index in [1.165, 1.54) is 81.9 Å². The summed E-state index contributed by atoms with van der Waals surface area (Å²) in [5.41, 5.74) is 6.46. The summed E-state index contributed by atoms with van der Waals surface area (Å²) in [5, 5.41) is 9.77. The van der Waals surface area contributed by atoms with Crippen LogP contribution in [0.25, 0.3) is 11.1 Å². The summed E-state index contributed by atoms with van der Waals surface area (Å²) in [5.74, 6) is 1.89. The zero-order chi connectivity index (χ0) is 99.1. The van der Waals surface area contributed by atoms with Crippen molar-refractivity contribution in [3.05, 3.63) is 135 Å². The monoisotopic (exact) mass is 1950 g/mol. The number of amides is 8. The smallest absolute Gasteiger partial charge is 0.396 e. The van der Waals surface area contributed by atoms with Crippen LogP contribution in [-0.2, 0) is 76.6 Å². The molecule has 0 radical (unpaired) electrons. The van der Waals surface area contributed by atoms with Gasteiger partial charge in [0.25, 0.3) is 0 Å². The Balaban J connectivity index is 0.000000193. The minimum Gasteiger partial charge on any atom is -0.396 e. The lowest BCUT2D eigenvalue weighted by Crippen LogP contribution is -2.40. The van der Waals surface area contributed by atoms with E-state index in [1.807, 2.05) is 85.2 Å². The highest BCUT2D eigenvalue weighted by molar-refractivity contribution is 6.30. The van der Waals surface area contributed by atoms with Crippen molar-refractivity contribution in [2.45, 2.75) is 355 Å². The number of nitrogens with zero attached hydrogens (tertiary/aromatic N) is 9. The van der Waals surface area contributed by atoms with Gasteiger partial charge in [-0.25, -0.2) is 9.37 Å². The molecule has 3 aromatic carbocycles. The molecule has 8 amide bonds. The lowest BCUT2D eigenvalue weighted by atomic mass is 9.75. The van der Waals surface area contributed by atoms with Gasteiger partial charge < -0.3 is 63.3 Å². The fraction of sp³-hybridized carbons (Fsp3) is 0.697. The zero-order valence-electron chi connectivity index (χ0n) is 84.2. The van der Waals surface area contributed by atoms with Crippen LogP contribution in [0.4, 0.5) is 17.6 Å². The number of carbonyl (C=O) groups is 8. The third kappa shape index (κ3) is 44.2. The van der Waals surface area contributed by atoms with Crippen molar-refractivity contribution in [3.63, 3.8) is 0 Å². The highest BCUT2D eigenvalue weighted by Gasteiger charge is 2.41. The zero-order valence-corrected chi connectivity index (χ0v) is 85.7. The molecule has 15 rings (SSSR count). The van der Waals surface area contributed by atoms with Gasteiger partial charge in [-0.3, -0.25) is 38.4 Å². The molecule has 1 unspecified atom stereocenters. The van der Waals surface area contributed by atoms with E-state index in [2.05, 4.69) is 70.2 Å². The van der Waals surface area contributed by atoms with Crippen LogP contribution in [0.3, 0.4) is 0 Å². The van der Waals surface area contributed by atoms with E-state index in [9.17, 15) is 55.9 Å². The molecule has 1 atom stereocenters. The number of pyridine rings is 1. The van der Waals surface area contributed by atoms with Gasteiger partial charge in [-0.05, 0) is 274 Å². The molecule has 11 fully saturated rings. The summed E-state index contributed by atoms with van der Waals surface area (Å²) in [6.07, 6.45) is 35.3. The molecule has 11 aliphatic rings. The number of aromatic nitrogens is 1. The summed E-state index contributed by atoms with van der Waals surface area (Å²) in [4.78, 5) is 116. The van der Waals surface area contributed by atoms with Gasteiger partial charge in [0, 0.05) is 184 Å². The minimum absolute atomic E-state index is 0.121. The van der Waals surface area contributed by atoms with Gasteiger partial charge in [0.05, 0.1) is 32.5 Å². The molecule has 7 saturated carbocycles. The molecular formula is C109H165Cl2F4N9O13. The Bertz CT molecular complexity index is 4210. The molecule has 1 N–H and O–H groups in total. The van der Waals surface area contributed by atoms with Crippen molar-refractivity contribution in [2.24, 2.45) is 17.3 Å². The first-order chi connectivity index (χ1) is 66.1. The number of halogens is 6. The number of alkyl halides is 3. The van der Waals surface area contributed by atoms with E-state index in [4.69, 9.17) is 47.3 Å². The average molecular weight is 1960 g/mol. The van der Waals surface area contributed by atoms with E-state index >= 15 is 0 Å². The molecule has 0 bridgehead atoms. The molecule has 28 heteroatoms. The Morgan fingerprint density at radius 2 is 0.825 bits per heavy atom. The molecule has 22 nitrogen and oxygen atoms in total. The lowest BCUT2D eigenvalue weighted by molar-refractivity contribution is -0.162. The van der Waals surface area contributed by atoms with Crippen LogP contribution in [0.1, 0.15) is 304 Å². The first-order valence-electron chi connectivity index (χ1n) is 52.3. The largest absolute Gasteiger partial charge is 0.406 e. The van der Waals surface area contributed by atoms with Crippen molar-refractivity contribution >= 4 is 70.5 Å². The number of hydrogen-bond donors (Lipinski definition) is 1. The predicted octanol–water partition coefficient (Wildman–Crippen LogP) is 21.1. The molecule has 137 heavy (non-hydrogen) atoms. The first-order valence-corrected chi connectivity index (χ1v) is 53.1. The Morgan fingerprint density at radius 1 is 0.431 bits per heavy atom.